The van der Waals surface area contributed by atoms with Gasteiger partial charge < -0.3 is 19.3 Å². The van der Waals surface area contributed by atoms with Crippen LogP contribution in [0.5, 0.6) is 11.5 Å². The van der Waals surface area contributed by atoms with Gasteiger partial charge in [-0.05, 0) is 24.3 Å². The average Bonchev–Trinajstić information content (AvgIpc) is 3.30. The van der Waals surface area contributed by atoms with E-state index in [2.05, 4.69) is 10.3 Å². The Bertz CT molecular complexity index is 1160. The van der Waals surface area contributed by atoms with Gasteiger partial charge in [0.2, 0.25) is 5.91 Å². The third kappa shape index (κ3) is 5.45. The minimum absolute atomic E-state index is 0.0473. The lowest BCUT2D eigenvalue weighted by Gasteiger charge is -2.36. The fourth-order valence-electron chi connectivity index (χ4n) is 3.73. The number of anilines is 2. The molecule has 1 saturated heterocycles. The van der Waals surface area contributed by atoms with Crippen molar-refractivity contribution < 1.29 is 23.5 Å². The van der Waals surface area contributed by atoms with Crippen LogP contribution in [0.3, 0.4) is 0 Å². The second kappa shape index (κ2) is 10.5. The van der Waals surface area contributed by atoms with Crippen LogP contribution in [0.1, 0.15) is 16.1 Å². The fraction of sp³-hybridized carbons (Fsp3) is 0.292. The molecule has 2 aromatic carbocycles. The van der Waals surface area contributed by atoms with Crippen LogP contribution in [0, 0.1) is 5.82 Å². The molecule has 1 aliphatic heterocycles. The highest BCUT2D eigenvalue weighted by atomic mass is 32.1. The summed E-state index contributed by atoms with van der Waals surface area (Å²) in [5, 5.41) is 4.91. The number of halogens is 1. The molecule has 0 bridgehead atoms. The number of ether oxygens (including phenoxy) is 2. The number of amides is 2. The molecule has 1 N–H and O–H groups in total. The van der Waals surface area contributed by atoms with E-state index < -0.39 is 0 Å². The maximum Gasteiger partial charge on any atom is 0.257 e. The van der Waals surface area contributed by atoms with Crippen molar-refractivity contribution >= 4 is 34.0 Å². The van der Waals surface area contributed by atoms with Crippen LogP contribution < -0.4 is 19.7 Å². The first-order chi connectivity index (χ1) is 16.5. The Labute approximate surface area is 200 Å². The van der Waals surface area contributed by atoms with Crippen LogP contribution in [-0.4, -0.2) is 62.1 Å². The highest BCUT2D eigenvalue weighted by Crippen LogP contribution is 2.25. The molecule has 2 heterocycles. The van der Waals surface area contributed by atoms with E-state index in [1.807, 2.05) is 4.90 Å². The molecule has 8 nitrogen and oxygen atoms in total. The first kappa shape index (κ1) is 23.5. The van der Waals surface area contributed by atoms with E-state index in [1.165, 1.54) is 31.6 Å². The first-order valence-electron chi connectivity index (χ1n) is 10.7. The van der Waals surface area contributed by atoms with Crippen LogP contribution in [0.25, 0.3) is 0 Å². The van der Waals surface area contributed by atoms with Crippen LogP contribution in [-0.2, 0) is 11.2 Å². The molecule has 1 fully saturated rings. The summed E-state index contributed by atoms with van der Waals surface area (Å²) in [6, 6.07) is 11.6. The molecule has 4 rings (SSSR count). The zero-order chi connectivity index (χ0) is 24.1. The van der Waals surface area contributed by atoms with Crippen molar-refractivity contribution in [2.45, 2.75) is 6.42 Å². The second-order valence-electron chi connectivity index (χ2n) is 7.70. The normalized spacial score (nSPS) is 13.5. The van der Waals surface area contributed by atoms with Gasteiger partial charge in [-0.2, -0.15) is 0 Å². The number of benzene rings is 2. The number of carbonyl (C=O) groups is 2. The van der Waals surface area contributed by atoms with Gasteiger partial charge in [0.1, 0.15) is 17.3 Å². The van der Waals surface area contributed by atoms with Gasteiger partial charge in [0.05, 0.1) is 32.0 Å². The number of carbonyl (C=O) groups excluding carboxylic acids is 2. The van der Waals surface area contributed by atoms with Gasteiger partial charge >= 0.3 is 0 Å². The summed E-state index contributed by atoms with van der Waals surface area (Å²) < 4.78 is 24.4. The van der Waals surface area contributed by atoms with Gasteiger partial charge in [0, 0.05) is 43.2 Å². The molecule has 34 heavy (non-hydrogen) atoms. The van der Waals surface area contributed by atoms with Crippen molar-refractivity contribution in [2.75, 3.05) is 50.6 Å². The SMILES string of the molecule is COc1cc(OC)cc(C(=O)Nc2nc(CC(=O)N3CCN(c4ccccc4F)CC3)cs2)c1. The minimum atomic E-state index is -0.353. The monoisotopic (exact) mass is 484 g/mol. The molecule has 0 spiro atoms. The number of piperazine rings is 1. The Morgan fingerprint density at radius 1 is 1.06 bits per heavy atom. The second-order valence-corrected chi connectivity index (χ2v) is 8.55. The Morgan fingerprint density at radius 3 is 2.38 bits per heavy atom. The zero-order valence-electron chi connectivity index (χ0n) is 18.9. The van der Waals surface area contributed by atoms with Crippen molar-refractivity contribution in [3.05, 3.63) is 64.9 Å². The lowest BCUT2D eigenvalue weighted by Crippen LogP contribution is -2.49. The van der Waals surface area contributed by atoms with Gasteiger partial charge in [0.15, 0.2) is 5.13 Å². The largest absolute Gasteiger partial charge is 0.497 e. The zero-order valence-corrected chi connectivity index (χ0v) is 19.7. The topological polar surface area (TPSA) is 84.0 Å². The number of hydrogen-bond donors (Lipinski definition) is 1. The summed E-state index contributed by atoms with van der Waals surface area (Å²) in [6.07, 6.45) is 0.138. The summed E-state index contributed by atoms with van der Waals surface area (Å²) in [5.41, 5.74) is 1.52. The molecule has 0 aliphatic carbocycles. The molecule has 0 atom stereocenters. The average molecular weight is 485 g/mol. The van der Waals surface area contributed by atoms with Gasteiger partial charge in [-0.3, -0.25) is 14.9 Å². The highest BCUT2D eigenvalue weighted by molar-refractivity contribution is 7.14. The number of methoxy groups -OCH3 is 2. The molecule has 0 saturated carbocycles. The van der Waals surface area contributed by atoms with Crippen LogP contribution in [0.15, 0.2) is 47.8 Å². The third-order valence-corrected chi connectivity index (χ3v) is 6.35. The van der Waals surface area contributed by atoms with Crippen molar-refractivity contribution in [3.8, 4) is 11.5 Å². The van der Waals surface area contributed by atoms with E-state index >= 15 is 0 Å². The smallest absolute Gasteiger partial charge is 0.257 e. The van der Waals surface area contributed by atoms with E-state index in [-0.39, 0.29) is 24.1 Å². The third-order valence-electron chi connectivity index (χ3n) is 5.54. The lowest BCUT2D eigenvalue weighted by molar-refractivity contribution is -0.130. The Kier molecular flexibility index (Phi) is 7.27. The van der Waals surface area contributed by atoms with E-state index in [1.54, 1.807) is 46.7 Å². The lowest BCUT2D eigenvalue weighted by atomic mass is 10.2. The maximum absolute atomic E-state index is 14.0. The summed E-state index contributed by atoms with van der Waals surface area (Å²) in [4.78, 5) is 33.5. The van der Waals surface area contributed by atoms with Crippen molar-refractivity contribution in [2.24, 2.45) is 0 Å². The molecule has 1 aromatic heterocycles. The van der Waals surface area contributed by atoms with Crippen LogP contribution in [0.2, 0.25) is 0 Å². The summed E-state index contributed by atoms with van der Waals surface area (Å²) in [5.74, 6) is 0.351. The fourth-order valence-corrected chi connectivity index (χ4v) is 4.43. The number of hydrogen-bond acceptors (Lipinski definition) is 7. The maximum atomic E-state index is 14.0. The van der Waals surface area contributed by atoms with Crippen LogP contribution >= 0.6 is 11.3 Å². The molecule has 0 radical (unpaired) electrons. The Balaban J connectivity index is 1.32. The van der Waals surface area contributed by atoms with E-state index in [0.717, 1.165) is 0 Å². The summed E-state index contributed by atoms with van der Waals surface area (Å²) >= 11 is 1.25. The van der Waals surface area contributed by atoms with Gasteiger partial charge in [0.25, 0.3) is 5.91 Å². The molecule has 2 amide bonds. The van der Waals surface area contributed by atoms with Crippen molar-refractivity contribution in [3.63, 3.8) is 0 Å². The Hall–Kier alpha value is -3.66. The van der Waals surface area contributed by atoms with E-state index in [0.29, 0.717) is 59.8 Å². The first-order valence-corrected chi connectivity index (χ1v) is 11.6. The molecule has 3 aromatic rings. The van der Waals surface area contributed by atoms with Gasteiger partial charge in [-0.25, -0.2) is 9.37 Å². The standard InChI is InChI=1S/C24H25FN4O4S/c1-32-18-11-16(12-19(14-18)33-2)23(31)27-24-26-17(15-34-24)13-22(30)29-9-7-28(8-10-29)21-6-4-3-5-20(21)25/h3-6,11-12,14-15H,7-10,13H2,1-2H3,(H,26,27,31). The van der Waals surface area contributed by atoms with Gasteiger partial charge in [-0.1, -0.05) is 12.1 Å². The molecule has 1 aliphatic rings. The van der Waals surface area contributed by atoms with E-state index in [4.69, 9.17) is 9.47 Å². The number of nitrogens with one attached hydrogen (secondary N) is 1. The quantitative estimate of drug-likeness (QED) is 0.553. The number of nitrogens with zero attached hydrogens (tertiary/aromatic N) is 3. The molecular weight excluding hydrogens is 459 g/mol. The summed E-state index contributed by atoms with van der Waals surface area (Å²) in [6.45, 7) is 2.15. The predicted octanol–water partition coefficient (Wildman–Crippen LogP) is 3.44. The van der Waals surface area contributed by atoms with E-state index in [9.17, 15) is 14.0 Å². The predicted molar refractivity (Wildman–Crippen MR) is 129 cm³/mol. The highest BCUT2D eigenvalue weighted by Gasteiger charge is 2.23. The molecular formula is C24H25FN4O4S. The van der Waals surface area contributed by atoms with Crippen LogP contribution in [0.4, 0.5) is 15.2 Å². The Morgan fingerprint density at radius 2 is 1.74 bits per heavy atom. The number of para-hydroxylation sites is 1. The van der Waals surface area contributed by atoms with Crippen molar-refractivity contribution in [1.82, 2.24) is 9.88 Å². The summed E-state index contributed by atoms with van der Waals surface area (Å²) in [7, 11) is 3.03. The number of rotatable bonds is 7. The number of thiazole rings is 1. The van der Waals surface area contributed by atoms with Crippen molar-refractivity contribution in [1.29, 1.82) is 0 Å². The molecule has 0 unspecified atom stereocenters. The number of aromatic nitrogens is 1. The van der Waals surface area contributed by atoms with Gasteiger partial charge in [-0.15, -0.1) is 11.3 Å². The molecule has 178 valence electrons. The minimum Gasteiger partial charge on any atom is -0.497 e. The molecule has 10 heteroatoms.